The van der Waals surface area contributed by atoms with E-state index in [0.717, 1.165) is 0 Å². The molecule has 3 amide bonds. The second kappa shape index (κ2) is 9.37. The van der Waals surface area contributed by atoms with Crippen LogP contribution >= 0.6 is 11.6 Å². The van der Waals surface area contributed by atoms with Gasteiger partial charge in [0.1, 0.15) is 0 Å². The average Bonchev–Trinajstić information content (AvgIpc) is 2.72. The molecule has 1 fully saturated rings. The Labute approximate surface area is 168 Å². The minimum Gasteiger partial charge on any atom is -0.352 e. The highest BCUT2D eigenvalue weighted by Crippen LogP contribution is 2.16. The van der Waals surface area contributed by atoms with Crippen molar-refractivity contribution in [3.8, 4) is 0 Å². The molecule has 1 saturated heterocycles. The topological polar surface area (TPSA) is 78.5 Å². The van der Waals surface area contributed by atoms with Crippen LogP contribution in [0.3, 0.4) is 0 Å². The lowest BCUT2D eigenvalue weighted by Crippen LogP contribution is -2.48. The molecule has 0 spiro atoms. The third-order valence-electron chi connectivity index (χ3n) is 4.66. The van der Waals surface area contributed by atoms with Gasteiger partial charge in [0.15, 0.2) is 0 Å². The van der Waals surface area contributed by atoms with Crippen LogP contribution < -0.4 is 10.6 Å². The number of amides is 3. The maximum Gasteiger partial charge on any atom is 0.253 e. The Morgan fingerprint density at radius 3 is 2.32 bits per heavy atom. The SMILES string of the molecule is O=C(CNC(=O)c1ccccc1)NC1CCN(C(=O)c2cccc(Cl)c2)CC1. The van der Waals surface area contributed by atoms with Crippen molar-refractivity contribution in [3.63, 3.8) is 0 Å². The molecule has 2 aromatic carbocycles. The van der Waals surface area contributed by atoms with Crippen molar-refractivity contribution in [2.75, 3.05) is 19.6 Å². The van der Waals surface area contributed by atoms with Crippen molar-refractivity contribution in [2.45, 2.75) is 18.9 Å². The summed E-state index contributed by atoms with van der Waals surface area (Å²) in [6, 6.07) is 15.6. The van der Waals surface area contributed by atoms with Gasteiger partial charge in [-0.15, -0.1) is 0 Å². The molecule has 1 heterocycles. The number of piperidine rings is 1. The zero-order chi connectivity index (χ0) is 19.9. The summed E-state index contributed by atoms with van der Waals surface area (Å²) in [7, 11) is 0. The fraction of sp³-hybridized carbons (Fsp3) is 0.286. The fourth-order valence-electron chi connectivity index (χ4n) is 3.16. The number of nitrogens with one attached hydrogen (secondary N) is 2. The van der Waals surface area contributed by atoms with Crippen LogP contribution in [0.2, 0.25) is 5.02 Å². The lowest BCUT2D eigenvalue weighted by molar-refractivity contribution is -0.121. The van der Waals surface area contributed by atoms with Gasteiger partial charge in [-0.25, -0.2) is 0 Å². The molecule has 28 heavy (non-hydrogen) atoms. The van der Waals surface area contributed by atoms with Crippen molar-refractivity contribution in [1.29, 1.82) is 0 Å². The zero-order valence-electron chi connectivity index (χ0n) is 15.4. The maximum atomic E-state index is 12.5. The molecule has 3 rings (SSSR count). The van der Waals surface area contributed by atoms with Crippen LogP contribution in [0.1, 0.15) is 33.6 Å². The Balaban J connectivity index is 1.42. The molecule has 146 valence electrons. The van der Waals surface area contributed by atoms with Gasteiger partial charge in [-0.1, -0.05) is 35.9 Å². The first kappa shape index (κ1) is 19.9. The van der Waals surface area contributed by atoms with Crippen molar-refractivity contribution >= 4 is 29.3 Å². The molecule has 0 aliphatic carbocycles. The molecule has 1 aliphatic heterocycles. The minimum absolute atomic E-state index is 0.00969. The number of rotatable bonds is 5. The van der Waals surface area contributed by atoms with Crippen LogP contribution in [-0.2, 0) is 4.79 Å². The third-order valence-corrected chi connectivity index (χ3v) is 4.90. The summed E-state index contributed by atoms with van der Waals surface area (Å²) in [5.74, 6) is -0.566. The minimum atomic E-state index is -0.280. The van der Waals surface area contributed by atoms with E-state index in [1.807, 2.05) is 6.07 Å². The van der Waals surface area contributed by atoms with E-state index in [4.69, 9.17) is 11.6 Å². The standard InChI is InChI=1S/C21H22ClN3O3/c22-17-8-4-7-16(13-17)21(28)25-11-9-18(10-12-25)24-19(26)14-23-20(27)15-5-2-1-3-6-15/h1-8,13,18H,9-12,14H2,(H,23,27)(H,24,26). The predicted molar refractivity (Wildman–Crippen MR) is 107 cm³/mol. The van der Waals surface area contributed by atoms with Gasteiger partial charge in [-0.05, 0) is 43.2 Å². The Hall–Kier alpha value is -2.86. The summed E-state index contributed by atoms with van der Waals surface area (Å²) in [5, 5.41) is 6.07. The molecule has 2 aromatic rings. The molecule has 0 atom stereocenters. The highest BCUT2D eigenvalue weighted by molar-refractivity contribution is 6.30. The Bertz CT molecular complexity index is 849. The summed E-state index contributed by atoms with van der Waals surface area (Å²) in [4.78, 5) is 38.4. The van der Waals surface area contributed by atoms with Crippen LogP contribution in [0, 0.1) is 0 Å². The number of likely N-dealkylation sites (tertiary alicyclic amines) is 1. The van der Waals surface area contributed by atoms with Gasteiger partial charge in [0.05, 0.1) is 6.54 Å². The summed E-state index contributed by atoms with van der Waals surface area (Å²) >= 11 is 5.95. The largest absolute Gasteiger partial charge is 0.352 e. The van der Waals surface area contributed by atoms with Crippen molar-refractivity contribution in [2.24, 2.45) is 0 Å². The van der Waals surface area contributed by atoms with Crippen LogP contribution in [0.15, 0.2) is 54.6 Å². The van der Waals surface area contributed by atoms with Gasteiger partial charge in [0.25, 0.3) is 11.8 Å². The molecule has 0 saturated carbocycles. The first-order chi connectivity index (χ1) is 13.5. The smallest absolute Gasteiger partial charge is 0.253 e. The first-order valence-corrected chi connectivity index (χ1v) is 9.58. The number of hydrogen-bond donors (Lipinski definition) is 2. The third kappa shape index (κ3) is 5.33. The number of hydrogen-bond acceptors (Lipinski definition) is 3. The maximum absolute atomic E-state index is 12.5. The molecule has 2 N–H and O–H groups in total. The van der Waals surface area contributed by atoms with E-state index in [1.165, 1.54) is 0 Å². The van der Waals surface area contributed by atoms with E-state index in [9.17, 15) is 14.4 Å². The van der Waals surface area contributed by atoms with E-state index in [0.29, 0.717) is 42.1 Å². The molecule has 6 nitrogen and oxygen atoms in total. The molecule has 0 unspecified atom stereocenters. The summed E-state index contributed by atoms with van der Waals surface area (Å²) in [5.41, 5.74) is 1.08. The molecule has 0 bridgehead atoms. The summed E-state index contributed by atoms with van der Waals surface area (Å²) in [6.07, 6.45) is 1.34. The van der Waals surface area contributed by atoms with Gasteiger partial charge in [-0.2, -0.15) is 0 Å². The van der Waals surface area contributed by atoms with Crippen LogP contribution in [0.4, 0.5) is 0 Å². The van der Waals surface area contributed by atoms with Gasteiger partial charge in [-0.3, -0.25) is 14.4 Å². The number of nitrogens with zero attached hydrogens (tertiary/aromatic N) is 1. The molecule has 1 aliphatic rings. The van der Waals surface area contributed by atoms with E-state index in [2.05, 4.69) is 10.6 Å². The van der Waals surface area contributed by atoms with Crippen LogP contribution in [0.5, 0.6) is 0 Å². The zero-order valence-corrected chi connectivity index (χ0v) is 16.1. The quantitative estimate of drug-likeness (QED) is 0.810. The lowest BCUT2D eigenvalue weighted by atomic mass is 10.0. The fourth-order valence-corrected chi connectivity index (χ4v) is 3.35. The second-order valence-electron chi connectivity index (χ2n) is 6.69. The highest BCUT2D eigenvalue weighted by atomic mass is 35.5. The monoisotopic (exact) mass is 399 g/mol. The molecule has 7 heteroatoms. The lowest BCUT2D eigenvalue weighted by Gasteiger charge is -2.32. The number of carbonyl (C=O) groups excluding carboxylic acids is 3. The van der Waals surface area contributed by atoms with Crippen LogP contribution in [-0.4, -0.2) is 48.3 Å². The Kier molecular flexibility index (Phi) is 6.66. The normalized spacial score (nSPS) is 14.4. The Morgan fingerprint density at radius 2 is 1.64 bits per heavy atom. The van der Waals surface area contributed by atoms with Gasteiger partial charge >= 0.3 is 0 Å². The predicted octanol–water partition coefficient (Wildman–Crippen LogP) is 2.49. The average molecular weight is 400 g/mol. The summed E-state index contributed by atoms with van der Waals surface area (Å²) in [6.45, 7) is 1.05. The first-order valence-electron chi connectivity index (χ1n) is 9.20. The molecule has 0 aromatic heterocycles. The van der Waals surface area contributed by atoms with Crippen LogP contribution in [0.25, 0.3) is 0 Å². The number of carbonyl (C=O) groups is 3. The Morgan fingerprint density at radius 1 is 0.964 bits per heavy atom. The molecular formula is C21H22ClN3O3. The van der Waals surface area contributed by atoms with Gasteiger partial charge in [0, 0.05) is 35.3 Å². The van der Waals surface area contributed by atoms with E-state index >= 15 is 0 Å². The van der Waals surface area contributed by atoms with E-state index in [-0.39, 0.29) is 30.3 Å². The van der Waals surface area contributed by atoms with E-state index in [1.54, 1.807) is 53.4 Å². The van der Waals surface area contributed by atoms with Crippen molar-refractivity contribution in [3.05, 3.63) is 70.7 Å². The van der Waals surface area contributed by atoms with Crippen molar-refractivity contribution < 1.29 is 14.4 Å². The number of halogens is 1. The van der Waals surface area contributed by atoms with Gasteiger partial charge in [0.2, 0.25) is 5.91 Å². The van der Waals surface area contributed by atoms with Crippen molar-refractivity contribution in [1.82, 2.24) is 15.5 Å². The molecule has 0 radical (unpaired) electrons. The number of benzene rings is 2. The van der Waals surface area contributed by atoms with Gasteiger partial charge < -0.3 is 15.5 Å². The second-order valence-corrected chi connectivity index (χ2v) is 7.13. The van der Waals surface area contributed by atoms with E-state index < -0.39 is 0 Å². The molecular weight excluding hydrogens is 378 g/mol. The highest BCUT2D eigenvalue weighted by Gasteiger charge is 2.24. The summed E-state index contributed by atoms with van der Waals surface area (Å²) < 4.78 is 0.